The molecule has 0 amide bonds. The van der Waals surface area contributed by atoms with Crippen LogP contribution < -0.4 is 10.5 Å². The molecular weight excluding hydrogens is 358 g/mol. The fraction of sp³-hybridized carbons (Fsp3) is 0.100. The summed E-state index contributed by atoms with van der Waals surface area (Å²) in [5.41, 5.74) is 9.25. The average molecular weight is 375 g/mol. The highest BCUT2D eigenvalue weighted by molar-refractivity contribution is 5.90. The zero-order valence-corrected chi connectivity index (χ0v) is 15.3. The van der Waals surface area contributed by atoms with Gasteiger partial charge in [0.25, 0.3) is 0 Å². The molecule has 0 radical (unpaired) electrons. The molecule has 0 spiro atoms. The van der Waals surface area contributed by atoms with Crippen LogP contribution in [0.25, 0.3) is 28.2 Å². The number of ether oxygens (including phenoxy) is 2. The minimum Gasteiger partial charge on any atom is -0.481 e. The van der Waals surface area contributed by atoms with Crippen molar-refractivity contribution >= 4 is 23.0 Å². The first-order chi connectivity index (χ1) is 13.6. The predicted molar refractivity (Wildman–Crippen MR) is 104 cm³/mol. The highest BCUT2D eigenvalue weighted by Gasteiger charge is 2.18. The molecule has 0 aliphatic carbocycles. The van der Waals surface area contributed by atoms with Gasteiger partial charge in [-0.25, -0.2) is 14.8 Å². The second kappa shape index (κ2) is 6.99. The number of hydrogen-bond donors (Lipinski definition) is 1. The number of pyridine rings is 2. The lowest BCUT2D eigenvalue weighted by Crippen LogP contribution is -2.04. The molecule has 0 unspecified atom stereocenters. The van der Waals surface area contributed by atoms with Gasteiger partial charge in [0.1, 0.15) is 11.3 Å². The van der Waals surface area contributed by atoms with Crippen LogP contribution in [0.15, 0.2) is 54.7 Å². The molecule has 0 atom stereocenters. The van der Waals surface area contributed by atoms with Crippen molar-refractivity contribution < 1.29 is 14.3 Å². The Morgan fingerprint density at radius 1 is 1.04 bits per heavy atom. The topological polar surface area (TPSA) is 105 Å². The van der Waals surface area contributed by atoms with Crippen LogP contribution in [0, 0.1) is 0 Å². The van der Waals surface area contributed by atoms with E-state index in [1.54, 1.807) is 49.7 Å². The number of hydrogen-bond acceptors (Lipinski definition) is 7. The number of fused-ring (bicyclic) bond motifs is 1. The molecule has 4 aromatic rings. The van der Waals surface area contributed by atoms with E-state index >= 15 is 0 Å². The number of carbonyl (C=O) groups excluding carboxylic acids is 1. The molecule has 4 rings (SSSR count). The Morgan fingerprint density at radius 3 is 2.50 bits per heavy atom. The van der Waals surface area contributed by atoms with Gasteiger partial charge in [0.05, 0.1) is 25.3 Å². The van der Waals surface area contributed by atoms with Gasteiger partial charge in [-0.3, -0.25) is 4.57 Å². The van der Waals surface area contributed by atoms with E-state index in [1.165, 1.54) is 7.11 Å². The van der Waals surface area contributed by atoms with Crippen molar-refractivity contribution in [3.05, 3.63) is 60.3 Å². The van der Waals surface area contributed by atoms with Gasteiger partial charge in [0.2, 0.25) is 5.88 Å². The fourth-order valence-corrected chi connectivity index (χ4v) is 2.95. The first-order valence-electron chi connectivity index (χ1n) is 8.45. The van der Waals surface area contributed by atoms with Gasteiger partial charge in [-0.15, -0.1) is 0 Å². The largest absolute Gasteiger partial charge is 0.481 e. The molecule has 0 aliphatic heterocycles. The van der Waals surface area contributed by atoms with Gasteiger partial charge in [-0.05, 0) is 42.5 Å². The first-order valence-corrected chi connectivity index (χ1v) is 8.45. The molecule has 0 bridgehead atoms. The molecule has 2 N–H and O–H groups in total. The van der Waals surface area contributed by atoms with E-state index in [0.717, 1.165) is 5.69 Å². The lowest BCUT2D eigenvalue weighted by Gasteiger charge is -2.11. The number of methoxy groups -OCH3 is 2. The number of carbonyl (C=O) groups is 1. The monoisotopic (exact) mass is 375 g/mol. The third-order valence-corrected chi connectivity index (χ3v) is 4.31. The van der Waals surface area contributed by atoms with Crippen molar-refractivity contribution in [1.29, 1.82) is 0 Å². The van der Waals surface area contributed by atoms with E-state index < -0.39 is 5.97 Å². The third-order valence-electron chi connectivity index (χ3n) is 4.31. The third kappa shape index (κ3) is 2.90. The van der Waals surface area contributed by atoms with Crippen molar-refractivity contribution in [1.82, 2.24) is 19.5 Å². The highest BCUT2D eigenvalue weighted by Crippen LogP contribution is 2.31. The maximum absolute atomic E-state index is 11.7. The lowest BCUT2D eigenvalue weighted by molar-refractivity contribution is 0.0601. The van der Waals surface area contributed by atoms with Gasteiger partial charge in [0.15, 0.2) is 11.5 Å². The lowest BCUT2D eigenvalue weighted by atomic mass is 10.2. The molecule has 1 aromatic carbocycles. The molecular formula is C20H17N5O3. The van der Waals surface area contributed by atoms with E-state index in [0.29, 0.717) is 39.8 Å². The Bertz CT molecular complexity index is 1170. The van der Waals surface area contributed by atoms with Crippen molar-refractivity contribution in [2.45, 2.75) is 0 Å². The van der Waals surface area contributed by atoms with Crippen molar-refractivity contribution in [2.75, 3.05) is 20.0 Å². The van der Waals surface area contributed by atoms with Crippen LogP contribution >= 0.6 is 0 Å². The van der Waals surface area contributed by atoms with Crippen molar-refractivity contribution in [2.24, 2.45) is 0 Å². The Labute approximate surface area is 160 Å². The Balaban J connectivity index is 1.98. The Kier molecular flexibility index (Phi) is 4.36. The van der Waals surface area contributed by atoms with Crippen LogP contribution in [0.3, 0.4) is 0 Å². The molecule has 3 heterocycles. The normalized spacial score (nSPS) is 10.8. The number of anilines is 1. The number of esters is 1. The number of rotatable bonds is 4. The zero-order chi connectivity index (χ0) is 19.7. The number of nitrogens with zero attached hydrogens (tertiary/aromatic N) is 4. The van der Waals surface area contributed by atoms with Crippen molar-refractivity contribution in [3.8, 4) is 23.0 Å². The van der Waals surface area contributed by atoms with Gasteiger partial charge < -0.3 is 15.2 Å². The van der Waals surface area contributed by atoms with Crippen LogP contribution in [0.1, 0.15) is 10.4 Å². The number of benzene rings is 1. The summed E-state index contributed by atoms with van der Waals surface area (Å²) in [5, 5.41) is 0. The summed E-state index contributed by atoms with van der Waals surface area (Å²) < 4.78 is 11.9. The summed E-state index contributed by atoms with van der Waals surface area (Å²) in [5.74, 6) is 1.01. The molecule has 8 nitrogen and oxygen atoms in total. The maximum atomic E-state index is 11.7. The van der Waals surface area contributed by atoms with E-state index in [1.807, 2.05) is 16.7 Å². The number of nitrogens with two attached hydrogens (primary N) is 1. The van der Waals surface area contributed by atoms with Gasteiger partial charge in [0, 0.05) is 18.0 Å². The molecule has 28 heavy (non-hydrogen) atoms. The number of imidazole rings is 1. The Hall–Kier alpha value is -3.94. The van der Waals surface area contributed by atoms with Crippen LogP contribution in [-0.2, 0) is 4.74 Å². The summed E-state index contributed by atoms with van der Waals surface area (Å²) in [6, 6.07) is 14.2. The van der Waals surface area contributed by atoms with Crippen LogP contribution in [0.4, 0.5) is 5.82 Å². The average Bonchev–Trinajstić information content (AvgIpc) is 3.11. The van der Waals surface area contributed by atoms with E-state index in [-0.39, 0.29) is 0 Å². The molecule has 3 aromatic heterocycles. The van der Waals surface area contributed by atoms with E-state index in [4.69, 9.17) is 20.2 Å². The number of aromatic nitrogens is 4. The maximum Gasteiger partial charge on any atom is 0.337 e. The van der Waals surface area contributed by atoms with Gasteiger partial charge in [-0.1, -0.05) is 0 Å². The van der Waals surface area contributed by atoms with Crippen LogP contribution in [0.2, 0.25) is 0 Å². The molecule has 0 fully saturated rings. The molecule has 0 saturated carbocycles. The van der Waals surface area contributed by atoms with E-state index in [9.17, 15) is 4.79 Å². The van der Waals surface area contributed by atoms with Gasteiger partial charge >= 0.3 is 5.97 Å². The van der Waals surface area contributed by atoms with Crippen LogP contribution in [0.5, 0.6) is 5.88 Å². The Morgan fingerprint density at radius 2 is 1.82 bits per heavy atom. The zero-order valence-electron chi connectivity index (χ0n) is 15.3. The minimum atomic E-state index is -0.404. The quantitative estimate of drug-likeness (QED) is 0.547. The molecule has 0 saturated heterocycles. The minimum absolute atomic E-state index is 0.359. The summed E-state index contributed by atoms with van der Waals surface area (Å²) in [7, 11) is 2.90. The smallest absolute Gasteiger partial charge is 0.337 e. The summed E-state index contributed by atoms with van der Waals surface area (Å²) in [6.07, 6.45) is 1.62. The SMILES string of the molecule is COC(=O)c1ccc(-n2c(-c3cccnc3N)nc3ccc(OC)nc32)cc1. The van der Waals surface area contributed by atoms with E-state index in [2.05, 4.69) is 9.97 Å². The summed E-state index contributed by atoms with van der Waals surface area (Å²) in [4.78, 5) is 25.2. The molecule has 8 heteroatoms. The second-order valence-electron chi connectivity index (χ2n) is 5.94. The van der Waals surface area contributed by atoms with Crippen LogP contribution in [-0.4, -0.2) is 39.7 Å². The molecule has 140 valence electrons. The fourth-order valence-electron chi connectivity index (χ4n) is 2.95. The standard InChI is InChI=1S/C20H17N5O3/c1-27-16-10-9-15-19(24-16)25(13-7-5-12(6-8-13)20(26)28-2)18(23-15)14-4-3-11-22-17(14)21/h3-11H,1-2H3,(H2,21,22). The van der Waals surface area contributed by atoms with Gasteiger partial charge in [-0.2, -0.15) is 4.98 Å². The summed E-state index contributed by atoms with van der Waals surface area (Å²) >= 11 is 0. The molecule has 0 aliphatic rings. The highest BCUT2D eigenvalue weighted by atomic mass is 16.5. The summed E-state index contributed by atoms with van der Waals surface area (Å²) in [6.45, 7) is 0. The predicted octanol–water partition coefficient (Wildman–Crippen LogP) is 2.86. The number of nitrogen functional groups attached to an aromatic ring is 1. The first kappa shape index (κ1) is 17.5. The second-order valence-corrected chi connectivity index (χ2v) is 5.94. The van der Waals surface area contributed by atoms with Crippen molar-refractivity contribution in [3.63, 3.8) is 0 Å².